The highest BCUT2D eigenvalue weighted by Gasteiger charge is 2.16. The zero-order valence-electron chi connectivity index (χ0n) is 12.0. The van der Waals surface area contributed by atoms with E-state index in [1.165, 1.54) is 24.3 Å². The van der Waals surface area contributed by atoms with Crippen molar-refractivity contribution in [3.05, 3.63) is 84.4 Å². The Hall–Kier alpha value is -1.74. The van der Waals surface area contributed by atoms with Crippen LogP contribution in [0.15, 0.2) is 77.7 Å². The Kier molecular flexibility index (Phi) is 5.06. The topological polar surface area (TPSA) is 20.2 Å². The summed E-state index contributed by atoms with van der Waals surface area (Å²) >= 11 is 0.693. The monoisotopic (exact) mass is 346 g/mol. The first-order chi connectivity index (χ1) is 11.2. The van der Waals surface area contributed by atoms with Gasteiger partial charge in [0.1, 0.15) is 11.6 Å². The van der Waals surface area contributed by atoms with Crippen LogP contribution in [0.5, 0.6) is 0 Å². The van der Waals surface area contributed by atoms with Crippen LogP contribution < -0.4 is 15.9 Å². The van der Waals surface area contributed by atoms with Gasteiger partial charge in [-0.05, 0) is 60.2 Å². The van der Waals surface area contributed by atoms with Gasteiger partial charge in [0.25, 0.3) is 0 Å². The molecule has 0 aliphatic carbocycles. The maximum Gasteiger partial charge on any atom is 0.123 e. The van der Waals surface area contributed by atoms with Gasteiger partial charge >= 0.3 is 0 Å². The zero-order chi connectivity index (χ0) is 16.2. The lowest BCUT2D eigenvalue weighted by molar-refractivity contribution is 0.628. The molecule has 0 aliphatic heterocycles. The summed E-state index contributed by atoms with van der Waals surface area (Å²) in [6.45, 7) is 0. The normalized spacial score (nSPS) is 11.0. The van der Waals surface area contributed by atoms with Crippen LogP contribution in [0.1, 0.15) is 0 Å². The van der Waals surface area contributed by atoms with Crippen LogP contribution in [-0.4, -0.2) is 4.55 Å². The van der Waals surface area contributed by atoms with Gasteiger partial charge in [0.15, 0.2) is 0 Å². The minimum atomic E-state index is -0.912. The van der Waals surface area contributed by atoms with Crippen molar-refractivity contribution < 1.29 is 13.3 Å². The van der Waals surface area contributed by atoms with Gasteiger partial charge in [-0.1, -0.05) is 36.4 Å². The highest BCUT2D eigenvalue weighted by molar-refractivity contribution is 7.93. The Morgan fingerprint density at radius 3 is 1.30 bits per heavy atom. The second kappa shape index (κ2) is 7.22. The summed E-state index contributed by atoms with van der Waals surface area (Å²) in [7, 11) is -0.912. The van der Waals surface area contributed by atoms with Crippen LogP contribution in [-0.2, 0) is 0 Å². The van der Waals surface area contributed by atoms with Crippen LogP contribution in [0, 0.1) is 11.6 Å². The SMILES string of the molecule is OSc1ccc(P(c2ccc(F)cc2)c2ccc(F)cc2)cc1. The van der Waals surface area contributed by atoms with Crippen molar-refractivity contribution in [2.75, 3.05) is 0 Å². The lowest BCUT2D eigenvalue weighted by Crippen LogP contribution is -2.20. The van der Waals surface area contributed by atoms with Crippen molar-refractivity contribution in [3.8, 4) is 0 Å². The molecule has 5 heteroatoms. The Balaban J connectivity index is 2.08. The summed E-state index contributed by atoms with van der Waals surface area (Å²) < 4.78 is 35.6. The summed E-state index contributed by atoms with van der Waals surface area (Å²) in [6.07, 6.45) is 0. The summed E-state index contributed by atoms with van der Waals surface area (Å²) in [5.74, 6) is -0.565. The first-order valence-corrected chi connectivity index (χ1v) is 9.01. The van der Waals surface area contributed by atoms with E-state index in [1.807, 2.05) is 24.3 Å². The van der Waals surface area contributed by atoms with Crippen molar-refractivity contribution in [2.24, 2.45) is 0 Å². The van der Waals surface area contributed by atoms with Crippen molar-refractivity contribution in [2.45, 2.75) is 4.90 Å². The Labute approximate surface area is 139 Å². The maximum atomic E-state index is 13.2. The highest BCUT2D eigenvalue weighted by Crippen LogP contribution is 2.33. The molecule has 0 saturated heterocycles. The first kappa shape index (κ1) is 16.1. The number of rotatable bonds is 4. The van der Waals surface area contributed by atoms with Crippen LogP contribution in [0.2, 0.25) is 0 Å². The van der Waals surface area contributed by atoms with Gasteiger partial charge in [0.2, 0.25) is 0 Å². The molecular weight excluding hydrogens is 333 g/mol. The maximum absolute atomic E-state index is 13.2. The van der Waals surface area contributed by atoms with Crippen molar-refractivity contribution >= 4 is 35.9 Å². The molecule has 0 aliphatic rings. The smallest absolute Gasteiger partial charge is 0.123 e. The van der Waals surface area contributed by atoms with E-state index in [0.29, 0.717) is 12.0 Å². The molecule has 0 spiro atoms. The zero-order valence-corrected chi connectivity index (χ0v) is 13.7. The molecule has 3 aromatic rings. The molecule has 0 radical (unpaired) electrons. The molecular formula is C18H13F2OPS. The molecule has 0 unspecified atom stereocenters. The molecule has 23 heavy (non-hydrogen) atoms. The molecule has 0 aromatic heterocycles. The average molecular weight is 346 g/mol. The van der Waals surface area contributed by atoms with E-state index in [1.54, 1.807) is 24.3 Å². The molecule has 0 amide bonds. The van der Waals surface area contributed by atoms with Crippen LogP contribution in [0.4, 0.5) is 8.78 Å². The molecule has 3 aromatic carbocycles. The summed E-state index contributed by atoms with van der Waals surface area (Å²) in [4.78, 5) is 0.752. The van der Waals surface area contributed by atoms with Crippen LogP contribution in [0.3, 0.4) is 0 Å². The van der Waals surface area contributed by atoms with E-state index in [0.717, 1.165) is 20.8 Å². The molecule has 0 atom stereocenters. The van der Waals surface area contributed by atoms with Crippen molar-refractivity contribution in [1.82, 2.24) is 0 Å². The van der Waals surface area contributed by atoms with E-state index < -0.39 is 7.92 Å². The summed E-state index contributed by atoms with van der Waals surface area (Å²) in [5, 5.41) is 3.02. The van der Waals surface area contributed by atoms with E-state index in [4.69, 9.17) is 4.55 Å². The van der Waals surface area contributed by atoms with Crippen molar-refractivity contribution in [3.63, 3.8) is 0 Å². The van der Waals surface area contributed by atoms with E-state index in [2.05, 4.69) is 0 Å². The first-order valence-electron chi connectivity index (χ1n) is 6.90. The predicted octanol–water partition coefficient (Wildman–Crippen LogP) is 4.29. The van der Waals surface area contributed by atoms with Gasteiger partial charge in [-0.25, -0.2) is 8.78 Å². The van der Waals surface area contributed by atoms with Gasteiger partial charge < -0.3 is 4.55 Å². The summed E-state index contributed by atoms with van der Waals surface area (Å²) in [5.41, 5.74) is 0. The fourth-order valence-electron chi connectivity index (χ4n) is 2.28. The molecule has 0 saturated carbocycles. The van der Waals surface area contributed by atoms with E-state index in [-0.39, 0.29) is 11.6 Å². The highest BCUT2D eigenvalue weighted by atomic mass is 32.2. The number of hydrogen-bond donors (Lipinski definition) is 1. The van der Waals surface area contributed by atoms with E-state index in [9.17, 15) is 8.78 Å². The third-order valence-corrected chi connectivity index (χ3v) is 6.30. The largest absolute Gasteiger partial charge is 0.325 e. The molecule has 0 heterocycles. The van der Waals surface area contributed by atoms with E-state index >= 15 is 0 Å². The Morgan fingerprint density at radius 1 is 0.609 bits per heavy atom. The Bertz CT molecular complexity index is 728. The van der Waals surface area contributed by atoms with Gasteiger partial charge in [-0.15, -0.1) is 0 Å². The Morgan fingerprint density at radius 2 is 0.957 bits per heavy atom. The lowest BCUT2D eigenvalue weighted by atomic mass is 10.3. The second-order valence-electron chi connectivity index (χ2n) is 4.87. The fourth-order valence-corrected chi connectivity index (χ4v) is 4.78. The van der Waals surface area contributed by atoms with Gasteiger partial charge in [0, 0.05) is 16.9 Å². The van der Waals surface area contributed by atoms with Crippen LogP contribution in [0.25, 0.3) is 0 Å². The minimum Gasteiger partial charge on any atom is -0.325 e. The number of benzene rings is 3. The third-order valence-electron chi connectivity index (χ3n) is 3.37. The standard InChI is InChI=1S/C18H13F2OPS/c19-13-1-5-15(6-2-13)22(16-7-3-14(20)4-8-16)17-9-11-18(23-21)12-10-17/h1-12,21H. The van der Waals surface area contributed by atoms with Gasteiger partial charge in [-0.3, -0.25) is 0 Å². The number of halogens is 2. The molecule has 0 bridgehead atoms. The average Bonchev–Trinajstić information content (AvgIpc) is 2.59. The molecule has 0 fully saturated rings. The van der Waals surface area contributed by atoms with Crippen molar-refractivity contribution in [1.29, 1.82) is 0 Å². The van der Waals surface area contributed by atoms with Gasteiger partial charge in [0.05, 0.1) is 0 Å². The predicted molar refractivity (Wildman–Crippen MR) is 93.5 cm³/mol. The third kappa shape index (κ3) is 3.78. The van der Waals surface area contributed by atoms with Gasteiger partial charge in [-0.2, -0.15) is 0 Å². The fraction of sp³-hybridized carbons (Fsp3) is 0. The second-order valence-corrected chi connectivity index (χ2v) is 7.75. The molecule has 1 N–H and O–H groups in total. The minimum absolute atomic E-state index is 0.283. The molecule has 3 rings (SSSR count). The molecule has 116 valence electrons. The number of hydrogen-bond acceptors (Lipinski definition) is 2. The summed E-state index contributed by atoms with van der Waals surface area (Å²) in [6, 6.07) is 20.4. The molecule has 1 nitrogen and oxygen atoms in total. The lowest BCUT2D eigenvalue weighted by Gasteiger charge is -2.19. The van der Waals surface area contributed by atoms with Crippen LogP contribution >= 0.6 is 20.0 Å². The quantitative estimate of drug-likeness (QED) is 0.562.